The van der Waals surface area contributed by atoms with Crippen LogP contribution < -0.4 is 15.0 Å². The molecule has 1 fully saturated rings. The van der Waals surface area contributed by atoms with E-state index in [2.05, 4.69) is 16.3 Å². The normalized spacial score (nSPS) is 18.5. The van der Waals surface area contributed by atoms with Gasteiger partial charge in [0, 0.05) is 36.6 Å². The molecule has 5 rings (SSSR count). The van der Waals surface area contributed by atoms with E-state index >= 15 is 0 Å². The molecule has 0 saturated carbocycles. The van der Waals surface area contributed by atoms with E-state index < -0.39 is 6.17 Å². The molecule has 0 spiro atoms. The first-order chi connectivity index (χ1) is 16.1. The second kappa shape index (κ2) is 9.21. The van der Waals surface area contributed by atoms with Crippen LogP contribution in [0.3, 0.4) is 0 Å². The zero-order valence-corrected chi connectivity index (χ0v) is 18.5. The van der Waals surface area contributed by atoms with Gasteiger partial charge in [-0.05, 0) is 54.1 Å². The van der Waals surface area contributed by atoms with Gasteiger partial charge in [-0.25, -0.2) is 4.39 Å². The summed E-state index contributed by atoms with van der Waals surface area (Å²) in [5.41, 5.74) is 3.95. The van der Waals surface area contributed by atoms with Gasteiger partial charge in [-0.15, -0.1) is 0 Å². The summed E-state index contributed by atoms with van der Waals surface area (Å²) in [7, 11) is 1.67. The first kappa shape index (κ1) is 21.4. The monoisotopic (exact) mass is 447 g/mol. The van der Waals surface area contributed by atoms with E-state index in [0.717, 1.165) is 55.4 Å². The van der Waals surface area contributed by atoms with E-state index in [1.807, 2.05) is 30.3 Å². The minimum Gasteiger partial charge on any atom is -0.496 e. The molecule has 6 nitrogen and oxygen atoms in total. The van der Waals surface area contributed by atoms with Crippen LogP contribution >= 0.6 is 0 Å². The molecule has 0 aliphatic carbocycles. The summed E-state index contributed by atoms with van der Waals surface area (Å²) in [5.74, 6) is 0.331. The highest BCUT2D eigenvalue weighted by Gasteiger charge is 2.34. The van der Waals surface area contributed by atoms with Gasteiger partial charge in [0.15, 0.2) is 0 Å². The Bertz CT molecular complexity index is 1150. The van der Waals surface area contributed by atoms with Crippen molar-refractivity contribution in [2.45, 2.75) is 12.7 Å². The Balaban J connectivity index is 1.55. The van der Waals surface area contributed by atoms with Gasteiger partial charge in [0.1, 0.15) is 17.7 Å². The van der Waals surface area contributed by atoms with E-state index in [-0.39, 0.29) is 11.7 Å². The summed E-state index contributed by atoms with van der Waals surface area (Å²) in [6, 6.07) is 19.5. The van der Waals surface area contributed by atoms with E-state index in [1.54, 1.807) is 30.2 Å². The van der Waals surface area contributed by atoms with Gasteiger partial charge in [-0.2, -0.15) is 0 Å². The van der Waals surface area contributed by atoms with Crippen molar-refractivity contribution in [3.8, 4) is 5.75 Å². The first-order valence-electron chi connectivity index (χ1n) is 11.1. The van der Waals surface area contributed by atoms with Gasteiger partial charge in [0.25, 0.3) is 5.91 Å². The maximum absolute atomic E-state index is 13.6. The maximum atomic E-state index is 13.6. The molecule has 0 unspecified atom stereocenters. The fraction of sp³-hybridized carbons (Fsp3) is 0.269. The van der Waals surface area contributed by atoms with Crippen LogP contribution in [0, 0.1) is 5.82 Å². The number of amides is 1. The van der Waals surface area contributed by atoms with Crippen LogP contribution in [0.25, 0.3) is 0 Å². The zero-order valence-electron chi connectivity index (χ0n) is 18.5. The molecule has 170 valence electrons. The van der Waals surface area contributed by atoms with Crippen LogP contribution in [0.15, 0.2) is 66.7 Å². The van der Waals surface area contributed by atoms with Crippen molar-refractivity contribution in [3.63, 3.8) is 0 Å². The lowest BCUT2D eigenvalue weighted by Gasteiger charge is -2.38. The summed E-state index contributed by atoms with van der Waals surface area (Å²) in [5, 5.41) is 3.51. The van der Waals surface area contributed by atoms with E-state index in [9.17, 15) is 9.18 Å². The maximum Gasteiger partial charge on any atom is 0.262 e. The third kappa shape index (κ3) is 4.29. The number of nitrogens with one attached hydrogen (secondary N) is 1. The van der Waals surface area contributed by atoms with Crippen molar-refractivity contribution in [2.24, 2.45) is 0 Å². The number of nitrogens with zero attached hydrogens (tertiary/aromatic N) is 2. The van der Waals surface area contributed by atoms with Gasteiger partial charge in [0.2, 0.25) is 0 Å². The molecule has 0 bridgehead atoms. The average Bonchev–Trinajstić information content (AvgIpc) is 2.85. The zero-order chi connectivity index (χ0) is 22.8. The first-order valence-corrected chi connectivity index (χ1v) is 11.1. The second-order valence-corrected chi connectivity index (χ2v) is 8.20. The molecule has 0 aromatic heterocycles. The number of hydrogen-bond acceptors (Lipinski definition) is 5. The smallest absolute Gasteiger partial charge is 0.262 e. The van der Waals surface area contributed by atoms with Crippen molar-refractivity contribution >= 4 is 17.3 Å². The third-order valence-corrected chi connectivity index (χ3v) is 6.15. The number of anilines is 2. The molecule has 1 atom stereocenters. The SMILES string of the molecule is COc1ccc([C@H]2Nc3ccccc3C(=O)N2c2ccc(F)cc2)cc1CN1CCOCC1. The summed E-state index contributed by atoms with van der Waals surface area (Å²) in [6.07, 6.45) is -0.452. The lowest BCUT2D eigenvalue weighted by molar-refractivity contribution is 0.0338. The fourth-order valence-electron chi connectivity index (χ4n) is 4.45. The number of ether oxygens (including phenoxy) is 2. The number of fused-ring (bicyclic) bond motifs is 1. The standard InChI is InChI=1S/C26H26FN3O3/c1-32-24-11-6-18(16-19(24)17-29-12-14-33-15-13-29)25-28-23-5-3-2-4-22(23)26(31)30(25)21-9-7-20(27)8-10-21/h2-11,16,25,28H,12-15,17H2,1H3/t25-/m0/s1. The molecule has 2 aliphatic heterocycles. The van der Waals surface area contributed by atoms with Crippen LogP contribution in [0.5, 0.6) is 5.75 Å². The van der Waals surface area contributed by atoms with Crippen LogP contribution in [0.4, 0.5) is 15.8 Å². The summed E-state index contributed by atoms with van der Waals surface area (Å²) in [4.78, 5) is 17.6. The number of para-hydroxylation sites is 1. The highest BCUT2D eigenvalue weighted by atomic mass is 19.1. The predicted molar refractivity (Wildman–Crippen MR) is 125 cm³/mol. The number of halogens is 1. The second-order valence-electron chi connectivity index (χ2n) is 8.20. The van der Waals surface area contributed by atoms with Crippen LogP contribution in [-0.4, -0.2) is 44.2 Å². The molecule has 3 aromatic carbocycles. The van der Waals surface area contributed by atoms with Crippen molar-refractivity contribution < 1.29 is 18.7 Å². The van der Waals surface area contributed by atoms with Gasteiger partial charge >= 0.3 is 0 Å². The Labute approximate surface area is 192 Å². The molecular formula is C26H26FN3O3. The fourth-order valence-corrected chi connectivity index (χ4v) is 4.45. The van der Waals surface area contributed by atoms with E-state index in [1.165, 1.54) is 12.1 Å². The largest absolute Gasteiger partial charge is 0.496 e. The number of benzene rings is 3. The predicted octanol–water partition coefficient (Wildman–Crippen LogP) is 4.44. The van der Waals surface area contributed by atoms with E-state index in [0.29, 0.717) is 11.3 Å². The molecule has 3 aromatic rings. The van der Waals surface area contributed by atoms with Crippen LogP contribution in [-0.2, 0) is 11.3 Å². The van der Waals surface area contributed by atoms with Crippen molar-refractivity contribution in [2.75, 3.05) is 43.6 Å². The number of rotatable bonds is 5. The minimum atomic E-state index is -0.452. The Kier molecular flexibility index (Phi) is 5.98. The molecule has 33 heavy (non-hydrogen) atoms. The molecular weight excluding hydrogens is 421 g/mol. The number of carbonyl (C=O) groups is 1. The lowest BCUT2D eigenvalue weighted by atomic mass is 10.0. The highest BCUT2D eigenvalue weighted by Crippen LogP contribution is 2.38. The van der Waals surface area contributed by atoms with Gasteiger partial charge in [-0.3, -0.25) is 14.6 Å². The van der Waals surface area contributed by atoms with Gasteiger partial charge < -0.3 is 14.8 Å². The molecule has 2 heterocycles. The van der Waals surface area contributed by atoms with Crippen molar-refractivity contribution in [3.05, 3.63) is 89.2 Å². The summed E-state index contributed by atoms with van der Waals surface area (Å²) >= 11 is 0. The van der Waals surface area contributed by atoms with Crippen molar-refractivity contribution in [1.29, 1.82) is 0 Å². The number of carbonyl (C=O) groups excluding carboxylic acids is 1. The van der Waals surface area contributed by atoms with E-state index in [4.69, 9.17) is 9.47 Å². The highest BCUT2D eigenvalue weighted by molar-refractivity contribution is 6.12. The van der Waals surface area contributed by atoms with Crippen molar-refractivity contribution in [1.82, 2.24) is 4.90 Å². The molecule has 2 aliphatic rings. The lowest BCUT2D eigenvalue weighted by Crippen LogP contribution is -2.43. The third-order valence-electron chi connectivity index (χ3n) is 6.15. The average molecular weight is 448 g/mol. The Morgan fingerprint density at radius 1 is 1.06 bits per heavy atom. The van der Waals surface area contributed by atoms with Crippen LogP contribution in [0.2, 0.25) is 0 Å². The molecule has 1 amide bonds. The van der Waals surface area contributed by atoms with Gasteiger partial charge in [-0.1, -0.05) is 18.2 Å². The minimum absolute atomic E-state index is 0.133. The topological polar surface area (TPSA) is 54.0 Å². The Morgan fingerprint density at radius 2 is 1.82 bits per heavy atom. The Hall–Kier alpha value is -3.42. The van der Waals surface area contributed by atoms with Crippen LogP contribution in [0.1, 0.15) is 27.7 Å². The van der Waals surface area contributed by atoms with Gasteiger partial charge in [0.05, 0.1) is 25.9 Å². The molecule has 1 saturated heterocycles. The molecule has 7 heteroatoms. The number of hydrogen-bond donors (Lipinski definition) is 1. The number of methoxy groups -OCH3 is 1. The summed E-state index contributed by atoms with van der Waals surface area (Å²) in [6.45, 7) is 3.89. The molecule has 0 radical (unpaired) electrons. The molecule has 1 N–H and O–H groups in total. The number of morpholine rings is 1. The summed E-state index contributed by atoms with van der Waals surface area (Å²) < 4.78 is 24.7. The Morgan fingerprint density at radius 3 is 2.58 bits per heavy atom. The quantitative estimate of drug-likeness (QED) is 0.627.